The molecule has 1 unspecified atom stereocenters. The molecule has 0 radical (unpaired) electrons. The summed E-state index contributed by atoms with van der Waals surface area (Å²) in [6.07, 6.45) is 2.06. The molecule has 1 saturated heterocycles. The van der Waals surface area contributed by atoms with Crippen LogP contribution in [0.2, 0.25) is 5.02 Å². The molecule has 2 aromatic carbocycles. The summed E-state index contributed by atoms with van der Waals surface area (Å²) >= 11 is 7.58. The van der Waals surface area contributed by atoms with Crippen LogP contribution in [-0.2, 0) is 4.79 Å². The van der Waals surface area contributed by atoms with Crippen molar-refractivity contribution in [2.45, 2.75) is 32.7 Å². The van der Waals surface area contributed by atoms with E-state index in [1.54, 1.807) is 30.3 Å². The Labute approximate surface area is 213 Å². The Balaban J connectivity index is 1.52. The second kappa shape index (κ2) is 11.1. The number of amides is 3. The second-order valence-corrected chi connectivity index (χ2v) is 10.1. The van der Waals surface area contributed by atoms with Gasteiger partial charge >= 0.3 is 0 Å². The molecule has 8 nitrogen and oxygen atoms in total. The monoisotopic (exact) mass is 513 g/mol. The molecule has 0 saturated carbocycles. The second-order valence-electron chi connectivity index (χ2n) is 8.59. The molecule has 0 aliphatic carbocycles. The number of aromatic amines is 1. The average Bonchev–Trinajstić information content (AvgIpc) is 3.50. The zero-order valence-corrected chi connectivity index (χ0v) is 21.3. The van der Waals surface area contributed by atoms with E-state index in [9.17, 15) is 14.4 Å². The average molecular weight is 514 g/mol. The molecule has 3 N–H and O–H groups in total. The number of aryl methyl sites for hydroxylation is 1. The maximum Gasteiger partial charge on any atom is 0.254 e. The van der Waals surface area contributed by atoms with Crippen LogP contribution >= 0.6 is 23.4 Å². The minimum absolute atomic E-state index is 0.0140. The highest BCUT2D eigenvalue weighted by atomic mass is 35.5. The zero-order chi connectivity index (χ0) is 24.9. The first kappa shape index (κ1) is 25.1. The Morgan fingerprint density at radius 3 is 2.66 bits per heavy atom. The van der Waals surface area contributed by atoms with Crippen molar-refractivity contribution < 1.29 is 14.4 Å². The molecule has 0 spiro atoms. The number of halogens is 1. The van der Waals surface area contributed by atoms with Gasteiger partial charge in [0.2, 0.25) is 5.91 Å². The number of hydrogen-bond donors (Lipinski definition) is 3. The van der Waals surface area contributed by atoms with Gasteiger partial charge in [0.1, 0.15) is 5.82 Å². The zero-order valence-electron chi connectivity index (χ0n) is 19.7. The van der Waals surface area contributed by atoms with Crippen LogP contribution in [0.4, 0.5) is 0 Å². The highest BCUT2D eigenvalue weighted by molar-refractivity contribution is 7.99. The molecule has 1 aliphatic rings. The number of rotatable bonds is 8. The number of hydrogen-bond acceptors (Lipinski definition) is 5. The van der Waals surface area contributed by atoms with Gasteiger partial charge in [-0.3, -0.25) is 14.4 Å². The van der Waals surface area contributed by atoms with Gasteiger partial charge in [-0.2, -0.15) is 0 Å². The number of likely N-dealkylation sites (tertiary alicyclic amines) is 1. The van der Waals surface area contributed by atoms with Crippen molar-refractivity contribution in [3.63, 3.8) is 0 Å². The number of benzene rings is 2. The number of imidazole rings is 1. The molecule has 0 bridgehead atoms. The molecule has 3 amide bonds. The molecule has 1 aliphatic heterocycles. The van der Waals surface area contributed by atoms with Gasteiger partial charge in [-0.15, -0.1) is 11.8 Å². The first-order valence-corrected chi connectivity index (χ1v) is 13.0. The van der Waals surface area contributed by atoms with Gasteiger partial charge in [0.25, 0.3) is 11.8 Å². The number of nitrogens with one attached hydrogen (secondary N) is 3. The smallest absolute Gasteiger partial charge is 0.254 e. The predicted molar refractivity (Wildman–Crippen MR) is 139 cm³/mol. The van der Waals surface area contributed by atoms with E-state index in [-0.39, 0.29) is 17.7 Å². The van der Waals surface area contributed by atoms with Crippen molar-refractivity contribution in [3.8, 4) is 0 Å². The van der Waals surface area contributed by atoms with E-state index in [1.807, 2.05) is 17.9 Å². The van der Waals surface area contributed by atoms with Crippen LogP contribution in [0.5, 0.6) is 0 Å². The lowest BCUT2D eigenvalue weighted by Gasteiger charge is -2.19. The standard InChI is InChI=1S/C25H28ClN5O3S/c1-15-11-17(5-7-19(15)25(34)31-9-3-4-10-31)24(33)30-22(13-35-14-27-16(2)32)23-28-20-8-6-18(26)12-21(20)29-23/h5-8,11-12,22H,3-4,9-10,13-14H2,1-2H3,(H,27,32)(H,28,29)(H,30,33). The third-order valence-electron chi connectivity index (χ3n) is 5.92. The van der Waals surface area contributed by atoms with Crippen LogP contribution in [0.3, 0.4) is 0 Å². The quantitative estimate of drug-likeness (QED) is 0.311. The molecule has 1 atom stereocenters. The topological polar surface area (TPSA) is 107 Å². The van der Waals surface area contributed by atoms with E-state index < -0.39 is 6.04 Å². The van der Waals surface area contributed by atoms with E-state index >= 15 is 0 Å². The Bertz CT molecular complexity index is 1260. The Hall–Kier alpha value is -3.04. The Morgan fingerprint density at radius 1 is 1.17 bits per heavy atom. The molecule has 3 aromatic rings. The highest BCUT2D eigenvalue weighted by Crippen LogP contribution is 2.23. The lowest BCUT2D eigenvalue weighted by atomic mass is 10.0. The first-order chi connectivity index (χ1) is 16.8. The Kier molecular flexibility index (Phi) is 7.97. The van der Waals surface area contributed by atoms with E-state index in [4.69, 9.17) is 11.6 Å². The molecule has 184 valence electrons. The lowest BCUT2D eigenvalue weighted by Crippen LogP contribution is -2.32. The maximum atomic E-state index is 13.2. The molecule has 1 fully saturated rings. The molecular formula is C25H28ClN5O3S. The summed E-state index contributed by atoms with van der Waals surface area (Å²) in [6.45, 7) is 4.87. The van der Waals surface area contributed by atoms with Gasteiger partial charge < -0.3 is 20.5 Å². The van der Waals surface area contributed by atoms with Crippen molar-refractivity contribution in [1.29, 1.82) is 0 Å². The van der Waals surface area contributed by atoms with E-state index in [1.165, 1.54) is 18.7 Å². The van der Waals surface area contributed by atoms with Crippen molar-refractivity contribution >= 4 is 52.1 Å². The van der Waals surface area contributed by atoms with Crippen LogP contribution in [0.15, 0.2) is 36.4 Å². The highest BCUT2D eigenvalue weighted by Gasteiger charge is 2.23. The Morgan fingerprint density at radius 2 is 1.94 bits per heavy atom. The van der Waals surface area contributed by atoms with Crippen LogP contribution < -0.4 is 10.6 Å². The number of carbonyl (C=O) groups is 3. The fourth-order valence-electron chi connectivity index (χ4n) is 4.06. The van der Waals surface area contributed by atoms with Gasteiger partial charge in [0.05, 0.1) is 23.0 Å². The fraction of sp³-hybridized carbons (Fsp3) is 0.360. The van der Waals surface area contributed by atoms with Crippen molar-refractivity contribution in [1.82, 2.24) is 25.5 Å². The summed E-state index contributed by atoms with van der Waals surface area (Å²) in [4.78, 5) is 46.9. The maximum absolute atomic E-state index is 13.2. The number of fused-ring (bicyclic) bond motifs is 1. The normalized spacial score (nSPS) is 14.2. The number of aromatic nitrogens is 2. The summed E-state index contributed by atoms with van der Waals surface area (Å²) in [5.41, 5.74) is 3.39. The van der Waals surface area contributed by atoms with Crippen LogP contribution in [0, 0.1) is 6.92 Å². The van der Waals surface area contributed by atoms with Crippen molar-refractivity contribution in [2.75, 3.05) is 24.7 Å². The van der Waals surface area contributed by atoms with Crippen LogP contribution in [0.1, 0.15) is 57.9 Å². The van der Waals surface area contributed by atoms with Crippen LogP contribution in [-0.4, -0.2) is 57.3 Å². The summed E-state index contributed by atoms with van der Waals surface area (Å²) in [5, 5.41) is 6.39. The third kappa shape index (κ3) is 6.15. The van der Waals surface area contributed by atoms with Gasteiger partial charge in [0.15, 0.2) is 0 Å². The summed E-state index contributed by atoms with van der Waals surface area (Å²) in [7, 11) is 0. The van der Waals surface area contributed by atoms with Gasteiger partial charge in [-0.25, -0.2) is 4.98 Å². The summed E-state index contributed by atoms with van der Waals surface area (Å²) in [5.74, 6) is 1.14. The van der Waals surface area contributed by atoms with Gasteiger partial charge in [0, 0.05) is 41.9 Å². The minimum Gasteiger partial charge on any atom is -0.347 e. The number of thioether (sulfide) groups is 1. The van der Waals surface area contributed by atoms with E-state index in [2.05, 4.69) is 20.6 Å². The van der Waals surface area contributed by atoms with Crippen molar-refractivity contribution in [3.05, 3.63) is 63.9 Å². The van der Waals surface area contributed by atoms with E-state index in [0.717, 1.165) is 42.5 Å². The first-order valence-electron chi connectivity index (χ1n) is 11.5. The van der Waals surface area contributed by atoms with Gasteiger partial charge in [-0.1, -0.05) is 11.6 Å². The minimum atomic E-state index is -0.432. The largest absolute Gasteiger partial charge is 0.347 e. The van der Waals surface area contributed by atoms with E-state index in [0.29, 0.717) is 33.6 Å². The van der Waals surface area contributed by atoms with Crippen LogP contribution in [0.25, 0.3) is 11.0 Å². The molecule has 1 aromatic heterocycles. The fourth-order valence-corrected chi connectivity index (χ4v) is 5.13. The van der Waals surface area contributed by atoms with Gasteiger partial charge in [-0.05, 0) is 61.7 Å². The third-order valence-corrected chi connectivity index (χ3v) is 7.07. The number of carbonyl (C=O) groups excluding carboxylic acids is 3. The molecule has 10 heteroatoms. The van der Waals surface area contributed by atoms with Crippen molar-refractivity contribution in [2.24, 2.45) is 0 Å². The lowest BCUT2D eigenvalue weighted by molar-refractivity contribution is -0.118. The summed E-state index contributed by atoms with van der Waals surface area (Å²) < 4.78 is 0. The number of H-pyrrole nitrogens is 1. The SMILES string of the molecule is CC(=O)NCSCC(NC(=O)c1ccc(C(=O)N2CCCC2)c(C)c1)c1nc2ccc(Cl)cc2[nH]1. The molecule has 2 heterocycles. The predicted octanol–water partition coefficient (Wildman–Crippen LogP) is 4.06. The molecular weight excluding hydrogens is 486 g/mol. The molecule has 35 heavy (non-hydrogen) atoms. The number of nitrogens with zero attached hydrogens (tertiary/aromatic N) is 2. The molecule has 4 rings (SSSR count). The summed E-state index contributed by atoms with van der Waals surface area (Å²) in [6, 6.07) is 10.1.